The van der Waals surface area contributed by atoms with Gasteiger partial charge in [-0.1, -0.05) is 0 Å². The fourth-order valence-corrected chi connectivity index (χ4v) is 2.78. The third kappa shape index (κ3) is 3.07. The summed E-state index contributed by atoms with van der Waals surface area (Å²) in [5.41, 5.74) is 0. The maximum Gasteiger partial charge on any atom is 0.321 e. The van der Waals surface area contributed by atoms with E-state index in [0.717, 1.165) is 0 Å². The topological polar surface area (TPSA) is 61.8 Å². The molecule has 0 bridgehead atoms. The van der Waals surface area contributed by atoms with Crippen LogP contribution in [0.15, 0.2) is 23.1 Å². The van der Waals surface area contributed by atoms with Crippen LogP contribution in [0.1, 0.15) is 13.8 Å². The van der Waals surface area contributed by atoms with Crippen LogP contribution in [0, 0.1) is 0 Å². The zero-order chi connectivity index (χ0) is 13.8. The minimum atomic E-state index is -1.47. The number of rotatable bonds is 4. The lowest BCUT2D eigenvalue weighted by Gasteiger charge is -2.19. The summed E-state index contributed by atoms with van der Waals surface area (Å²) in [6.45, 7) is 4.56. The molecule has 1 aliphatic rings. The van der Waals surface area contributed by atoms with Crippen molar-refractivity contribution in [3.05, 3.63) is 18.2 Å². The zero-order valence-corrected chi connectivity index (χ0v) is 11.7. The zero-order valence-electron chi connectivity index (χ0n) is 10.9. The molecule has 1 heterocycles. The summed E-state index contributed by atoms with van der Waals surface area (Å²) < 4.78 is 27.9. The number of fused-ring (bicyclic) bond motifs is 1. The van der Waals surface area contributed by atoms with Crippen molar-refractivity contribution in [3.8, 4) is 11.5 Å². The molecule has 0 N–H and O–H groups in total. The van der Waals surface area contributed by atoms with Gasteiger partial charge in [0, 0.05) is 11.0 Å². The Labute approximate surface area is 114 Å². The van der Waals surface area contributed by atoms with Crippen molar-refractivity contribution in [1.82, 2.24) is 0 Å². The van der Waals surface area contributed by atoms with Gasteiger partial charge in [0.25, 0.3) is 0 Å². The Bertz CT molecular complexity index is 500. The number of benzene rings is 1. The maximum atomic E-state index is 12.3. The van der Waals surface area contributed by atoms with Crippen LogP contribution in [0.3, 0.4) is 0 Å². The summed E-state index contributed by atoms with van der Waals surface area (Å²) in [5.74, 6) is 0.736. The molecule has 0 saturated carbocycles. The van der Waals surface area contributed by atoms with Crippen LogP contribution in [0.4, 0.5) is 0 Å². The van der Waals surface area contributed by atoms with Gasteiger partial charge in [-0.3, -0.25) is 9.00 Å². The minimum Gasteiger partial charge on any atom is -0.486 e. The SMILES string of the molecule is CCOC(=O)C(C)S(=O)c1ccc2c(c1)OCCO2. The van der Waals surface area contributed by atoms with Gasteiger partial charge in [-0.15, -0.1) is 0 Å². The van der Waals surface area contributed by atoms with Crippen molar-refractivity contribution in [2.24, 2.45) is 0 Å². The van der Waals surface area contributed by atoms with E-state index in [9.17, 15) is 9.00 Å². The smallest absolute Gasteiger partial charge is 0.321 e. The average molecular weight is 284 g/mol. The number of carbonyl (C=O) groups is 1. The van der Waals surface area contributed by atoms with Gasteiger partial charge in [-0.25, -0.2) is 0 Å². The van der Waals surface area contributed by atoms with E-state index in [4.69, 9.17) is 14.2 Å². The van der Waals surface area contributed by atoms with E-state index in [2.05, 4.69) is 0 Å². The highest BCUT2D eigenvalue weighted by Gasteiger charge is 2.24. The second-order valence-electron chi connectivity index (χ2n) is 4.00. The molecule has 1 aliphatic heterocycles. The van der Waals surface area contributed by atoms with E-state index in [-0.39, 0.29) is 6.61 Å². The Balaban J connectivity index is 2.17. The van der Waals surface area contributed by atoms with E-state index in [1.165, 1.54) is 0 Å². The highest BCUT2D eigenvalue weighted by molar-refractivity contribution is 7.86. The van der Waals surface area contributed by atoms with E-state index in [1.807, 2.05) is 0 Å². The molecule has 19 heavy (non-hydrogen) atoms. The summed E-state index contributed by atoms with van der Waals surface area (Å²) >= 11 is 0. The number of hydrogen-bond acceptors (Lipinski definition) is 5. The van der Waals surface area contributed by atoms with Crippen LogP contribution < -0.4 is 9.47 Å². The fraction of sp³-hybridized carbons (Fsp3) is 0.462. The predicted octanol–water partition coefficient (Wildman–Crippen LogP) is 1.52. The summed E-state index contributed by atoms with van der Waals surface area (Å²) in [7, 11) is -1.47. The number of carbonyl (C=O) groups excluding carboxylic acids is 1. The normalized spacial score (nSPS) is 16.5. The number of esters is 1. The molecule has 5 nitrogen and oxygen atoms in total. The molecule has 0 radical (unpaired) electrons. The molecular formula is C13H16O5S. The molecule has 0 fully saturated rings. The van der Waals surface area contributed by atoms with Crippen LogP contribution >= 0.6 is 0 Å². The molecule has 1 aromatic carbocycles. The summed E-state index contributed by atoms with van der Waals surface area (Å²) in [6.07, 6.45) is 0. The molecule has 0 saturated heterocycles. The monoisotopic (exact) mass is 284 g/mol. The molecule has 0 spiro atoms. The molecule has 104 valence electrons. The predicted molar refractivity (Wildman–Crippen MR) is 69.9 cm³/mol. The summed E-state index contributed by atoms with van der Waals surface area (Å²) in [5, 5.41) is -0.706. The van der Waals surface area contributed by atoms with Gasteiger partial charge >= 0.3 is 5.97 Å². The third-order valence-electron chi connectivity index (χ3n) is 2.69. The van der Waals surface area contributed by atoms with E-state index in [1.54, 1.807) is 32.0 Å². The van der Waals surface area contributed by atoms with Gasteiger partial charge in [-0.05, 0) is 26.0 Å². The Morgan fingerprint density at radius 1 is 1.37 bits per heavy atom. The highest BCUT2D eigenvalue weighted by atomic mass is 32.2. The molecule has 1 aromatic rings. The second-order valence-corrected chi connectivity index (χ2v) is 5.77. The van der Waals surface area contributed by atoms with Crippen LogP contribution in [0.2, 0.25) is 0 Å². The second kappa shape index (κ2) is 6.06. The quantitative estimate of drug-likeness (QED) is 0.784. The van der Waals surface area contributed by atoms with Crippen molar-refractivity contribution in [2.45, 2.75) is 24.0 Å². The molecule has 0 aromatic heterocycles. The summed E-state index contributed by atoms with van der Waals surface area (Å²) in [6, 6.07) is 5.04. The first-order chi connectivity index (χ1) is 9.13. The Morgan fingerprint density at radius 2 is 2.05 bits per heavy atom. The van der Waals surface area contributed by atoms with Crippen molar-refractivity contribution < 1.29 is 23.2 Å². The lowest BCUT2D eigenvalue weighted by atomic mass is 10.3. The number of ether oxygens (including phenoxy) is 3. The van der Waals surface area contributed by atoms with Gasteiger partial charge in [0.05, 0.1) is 17.4 Å². The van der Waals surface area contributed by atoms with Crippen LogP contribution in [0.25, 0.3) is 0 Å². The van der Waals surface area contributed by atoms with Crippen molar-refractivity contribution in [2.75, 3.05) is 19.8 Å². The molecule has 0 aliphatic carbocycles. The lowest BCUT2D eigenvalue weighted by molar-refractivity contribution is -0.142. The first kappa shape index (κ1) is 13.9. The van der Waals surface area contributed by atoms with Crippen LogP contribution in [-0.2, 0) is 20.3 Å². The van der Waals surface area contributed by atoms with Crippen molar-refractivity contribution in [1.29, 1.82) is 0 Å². The molecule has 2 atom stereocenters. The fourth-order valence-electron chi connectivity index (χ4n) is 1.70. The van der Waals surface area contributed by atoms with E-state index < -0.39 is 22.0 Å². The van der Waals surface area contributed by atoms with Gasteiger partial charge in [0.15, 0.2) is 11.5 Å². The molecular weight excluding hydrogens is 268 g/mol. The van der Waals surface area contributed by atoms with Gasteiger partial charge in [0.1, 0.15) is 18.5 Å². The molecule has 6 heteroatoms. The van der Waals surface area contributed by atoms with Gasteiger partial charge in [0.2, 0.25) is 0 Å². The lowest BCUT2D eigenvalue weighted by Crippen LogP contribution is -2.25. The van der Waals surface area contributed by atoms with Crippen LogP contribution in [0.5, 0.6) is 11.5 Å². The molecule has 2 rings (SSSR count). The molecule has 2 unspecified atom stereocenters. The Kier molecular flexibility index (Phi) is 4.42. The van der Waals surface area contributed by atoms with E-state index >= 15 is 0 Å². The maximum absolute atomic E-state index is 12.3. The van der Waals surface area contributed by atoms with Gasteiger partial charge in [-0.2, -0.15) is 0 Å². The molecule has 0 amide bonds. The Hall–Kier alpha value is -1.56. The Morgan fingerprint density at radius 3 is 2.74 bits per heavy atom. The third-order valence-corrected chi connectivity index (χ3v) is 4.24. The average Bonchev–Trinajstić information content (AvgIpc) is 2.45. The van der Waals surface area contributed by atoms with Gasteiger partial charge < -0.3 is 14.2 Å². The van der Waals surface area contributed by atoms with Crippen molar-refractivity contribution >= 4 is 16.8 Å². The largest absolute Gasteiger partial charge is 0.486 e. The minimum absolute atomic E-state index is 0.279. The first-order valence-corrected chi connectivity index (χ1v) is 7.31. The van der Waals surface area contributed by atoms with Crippen LogP contribution in [-0.4, -0.2) is 35.2 Å². The highest BCUT2D eigenvalue weighted by Crippen LogP contribution is 2.32. The van der Waals surface area contributed by atoms with E-state index in [0.29, 0.717) is 29.6 Å². The number of hydrogen-bond donors (Lipinski definition) is 0. The first-order valence-electron chi connectivity index (χ1n) is 6.10. The summed E-state index contributed by atoms with van der Waals surface area (Å²) in [4.78, 5) is 12.1. The standard InChI is InChI=1S/C13H16O5S/c1-3-16-13(14)9(2)19(15)10-4-5-11-12(8-10)18-7-6-17-11/h4-5,8-9H,3,6-7H2,1-2H3. The van der Waals surface area contributed by atoms with Crippen molar-refractivity contribution in [3.63, 3.8) is 0 Å².